The number of carbonyl (C=O) groups is 3. The highest BCUT2D eigenvalue weighted by Crippen LogP contribution is 2.44. The Bertz CT molecular complexity index is 994. The third kappa shape index (κ3) is 4.85. The molecule has 8 nitrogen and oxygen atoms in total. The van der Waals surface area contributed by atoms with Gasteiger partial charge in [0.15, 0.2) is 0 Å². The molecule has 33 heavy (non-hydrogen) atoms. The summed E-state index contributed by atoms with van der Waals surface area (Å²) in [6, 6.07) is 15.3. The third-order valence-corrected chi connectivity index (χ3v) is 6.39. The van der Waals surface area contributed by atoms with Crippen molar-refractivity contribution in [2.75, 3.05) is 33.4 Å². The van der Waals surface area contributed by atoms with Gasteiger partial charge in [-0.3, -0.25) is 9.59 Å². The Morgan fingerprint density at radius 3 is 2.30 bits per heavy atom. The van der Waals surface area contributed by atoms with Crippen molar-refractivity contribution in [3.05, 3.63) is 59.7 Å². The summed E-state index contributed by atoms with van der Waals surface area (Å²) >= 11 is 0. The van der Waals surface area contributed by atoms with E-state index >= 15 is 0 Å². The molecule has 0 aromatic heterocycles. The number of methoxy groups -OCH3 is 1. The van der Waals surface area contributed by atoms with Gasteiger partial charge in [0, 0.05) is 39.1 Å². The Morgan fingerprint density at radius 1 is 1.09 bits per heavy atom. The first kappa shape index (κ1) is 22.8. The van der Waals surface area contributed by atoms with Gasteiger partial charge in [0.2, 0.25) is 5.91 Å². The minimum Gasteiger partial charge on any atom is -0.481 e. The summed E-state index contributed by atoms with van der Waals surface area (Å²) in [6.45, 7) is 0.918. The zero-order valence-corrected chi connectivity index (χ0v) is 18.5. The molecule has 1 aliphatic carbocycles. The van der Waals surface area contributed by atoms with Gasteiger partial charge in [-0.05, 0) is 28.7 Å². The van der Waals surface area contributed by atoms with Gasteiger partial charge in [-0.15, -0.1) is 0 Å². The molecule has 2 atom stereocenters. The molecule has 2 unspecified atom stereocenters. The molecule has 1 fully saturated rings. The Labute approximate surface area is 192 Å². The van der Waals surface area contributed by atoms with E-state index in [4.69, 9.17) is 9.47 Å². The summed E-state index contributed by atoms with van der Waals surface area (Å²) in [5, 5.41) is 11.9. The Kier molecular flexibility index (Phi) is 6.93. The number of fused-ring (bicyclic) bond motifs is 3. The number of hydrogen-bond acceptors (Lipinski definition) is 5. The van der Waals surface area contributed by atoms with Gasteiger partial charge in [-0.2, -0.15) is 0 Å². The predicted octanol–water partition coefficient (Wildman–Crippen LogP) is 2.86. The number of carboxylic acids is 1. The summed E-state index contributed by atoms with van der Waals surface area (Å²) in [4.78, 5) is 38.3. The highest BCUT2D eigenvalue weighted by Gasteiger charge is 2.35. The lowest BCUT2D eigenvalue weighted by Gasteiger charge is -2.24. The lowest BCUT2D eigenvalue weighted by molar-refractivity contribution is -0.141. The maximum absolute atomic E-state index is 12.9. The van der Waals surface area contributed by atoms with Gasteiger partial charge in [-0.25, -0.2) is 4.79 Å². The van der Waals surface area contributed by atoms with Crippen molar-refractivity contribution in [1.29, 1.82) is 0 Å². The molecule has 1 heterocycles. The molecule has 2 aromatic carbocycles. The lowest BCUT2D eigenvalue weighted by Crippen LogP contribution is -2.48. The zero-order chi connectivity index (χ0) is 23.4. The fraction of sp³-hybridized carbons (Fsp3) is 0.400. The average molecular weight is 453 g/mol. The quantitative estimate of drug-likeness (QED) is 0.638. The van der Waals surface area contributed by atoms with Crippen LogP contribution < -0.4 is 5.32 Å². The Balaban J connectivity index is 1.40. The number of carbonyl (C=O) groups excluding carboxylic acids is 2. The smallest absolute Gasteiger partial charge is 0.407 e. The summed E-state index contributed by atoms with van der Waals surface area (Å²) in [6.07, 6.45) is -0.00292. The second-order valence-electron chi connectivity index (χ2n) is 8.41. The molecule has 8 heteroatoms. The maximum atomic E-state index is 12.9. The van der Waals surface area contributed by atoms with E-state index in [1.807, 2.05) is 36.4 Å². The van der Waals surface area contributed by atoms with E-state index in [0.717, 1.165) is 22.3 Å². The number of carboxylic acid groups (broad SMARTS) is 1. The van der Waals surface area contributed by atoms with Crippen LogP contribution in [-0.2, 0) is 19.1 Å². The van der Waals surface area contributed by atoms with Gasteiger partial charge in [0.1, 0.15) is 12.6 Å². The molecule has 1 aliphatic heterocycles. The van der Waals surface area contributed by atoms with E-state index < -0.39 is 24.0 Å². The third-order valence-electron chi connectivity index (χ3n) is 6.39. The van der Waals surface area contributed by atoms with Crippen molar-refractivity contribution in [2.24, 2.45) is 5.92 Å². The largest absolute Gasteiger partial charge is 0.481 e. The van der Waals surface area contributed by atoms with E-state index in [9.17, 15) is 19.5 Å². The predicted molar refractivity (Wildman–Crippen MR) is 121 cm³/mol. The molecule has 4 rings (SSSR count). The van der Waals surface area contributed by atoms with Gasteiger partial charge in [0.25, 0.3) is 0 Å². The van der Waals surface area contributed by atoms with Crippen LogP contribution in [-0.4, -0.2) is 67.4 Å². The first-order chi connectivity index (χ1) is 16.0. The van der Waals surface area contributed by atoms with Crippen LogP contribution in [0.15, 0.2) is 48.5 Å². The monoisotopic (exact) mass is 452 g/mol. The second kappa shape index (κ2) is 10.0. The number of likely N-dealkylation sites (tertiary alicyclic amines) is 1. The van der Waals surface area contributed by atoms with Crippen molar-refractivity contribution in [2.45, 2.75) is 24.8 Å². The van der Waals surface area contributed by atoms with E-state index in [-0.39, 0.29) is 38.0 Å². The normalized spacial score (nSPS) is 17.8. The molecule has 174 valence electrons. The molecule has 2 aromatic rings. The minimum atomic E-state index is -0.914. The van der Waals surface area contributed by atoms with E-state index in [1.54, 1.807) is 0 Å². The number of amides is 2. The molecule has 2 amide bonds. The van der Waals surface area contributed by atoms with E-state index in [2.05, 4.69) is 17.4 Å². The number of hydrogen-bond donors (Lipinski definition) is 2. The zero-order valence-electron chi connectivity index (χ0n) is 18.5. The highest BCUT2D eigenvalue weighted by atomic mass is 16.5. The number of nitrogens with zero attached hydrogens (tertiary/aromatic N) is 1. The summed E-state index contributed by atoms with van der Waals surface area (Å²) < 4.78 is 10.7. The topological polar surface area (TPSA) is 105 Å². The van der Waals surface area contributed by atoms with Crippen LogP contribution in [0.1, 0.15) is 29.9 Å². The number of ether oxygens (including phenoxy) is 2. The minimum absolute atomic E-state index is 0.0776. The Hall–Kier alpha value is -3.39. The van der Waals surface area contributed by atoms with Crippen LogP contribution in [0.4, 0.5) is 4.79 Å². The van der Waals surface area contributed by atoms with Crippen molar-refractivity contribution in [3.8, 4) is 11.1 Å². The molecule has 0 bridgehead atoms. The molecule has 0 spiro atoms. The van der Waals surface area contributed by atoms with Crippen LogP contribution in [0.25, 0.3) is 11.1 Å². The number of nitrogens with one attached hydrogen (secondary N) is 1. The van der Waals surface area contributed by atoms with Gasteiger partial charge < -0.3 is 24.8 Å². The number of benzene rings is 2. The fourth-order valence-corrected chi connectivity index (χ4v) is 4.66. The first-order valence-electron chi connectivity index (χ1n) is 11.1. The van der Waals surface area contributed by atoms with Gasteiger partial charge >= 0.3 is 12.1 Å². The first-order valence-corrected chi connectivity index (χ1v) is 11.1. The van der Waals surface area contributed by atoms with Crippen molar-refractivity contribution >= 4 is 18.0 Å². The van der Waals surface area contributed by atoms with Crippen molar-refractivity contribution < 1.29 is 29.0 Å². The van der Waals surface area contributed by atoms with E-state index in [0.29, 0.717) is 13.0 Å². The van der Waals surface area contributed by atoms with Crippen molar-refractivity contribution in [1.82, 2.24) is 10.2 Å². The van der Waals surface area contributed by atoms with Gasteiger partial charge in [-0.1, -0.05) is 48.5 Å². The molecular formula is C25H28N2O6. The van der Waals surface area contributed by atoms with Crippen LogP contribution in [0.5, 0.6) is 0 Å². The summed E-state index contributed by atoms with van der Waals surface area (Å²) in [7, 11) is 1.52. The van der Waals surface area contributed by atoms with Crippen LogP contribution >= 0.6 is 0 Å². The van der Waals surface area contributed by atoms with E-state index in [1.165, 1.54) is 12.0 Å². The van der Waals surface area contributed by atoms with Crippen molar-refractivity contribution in [3.63, 3.8) is 0 Å². The second-order valence-corrected chi connectivity index (χ2v) is 8.41. The van der Waals surface area contributed by atoms with Crippen LogP contribution in [0, 0.1) is 5.92 Å². The number of alkyl carbamates (subject to hydrolysis) is 1. The molecule has 2 aliphatic rings. The van der Waals surface area contributed by atoms with Gasteiger partial charge in [0.05, 0.1) is 5.92 Å². The Morgan fingerprint density at radius 2 is 1.73 bits per heavy atom. The summed E-state index contributed by atoms with van der Waals surface area (Å²) in [5.41, 5.74) is 4.49. The fourth-order valence-electron chi connectivity index (χ4n) is 4.66. The molecule has 2 N–H and O–H groups in total. The molecule has 0 saturated carbocycles. The molecule has 0 radical (unpaired) electrons. The maximum Gasteiger partial charge on any atom is 0.407 e. The van der Waals surface area contributed by atoms with Crippen LogP contribution in [0.2, 0.25) is 0 Å². The molecular weight excluding hydrogens is 424 g/mol. The SMILES string of the molecule is COCCC(NC(=O)OCC1c2ccccc2-c2ccccc21)C(=O)N1CCC(C(=O)O)C1. The highest BCUT2D eigenvalue weighted by molar-refractivity contribution is 5.87. The number of rotatable bonds is 8. The number of aliphatic carboxylic acids is 1. The lowest BCUT2D eigenvalue weighted by atomic mass is 9.98. The standard InChI is InChI=1S/C25H28N2O6/c1-32-13-11-22(23(28)27-12-10-16(14-27)24(29)30)26-25(31)33-15-21-19-8-4-2-6-17(19)18-7-3-5-9-20(18)21/h2-9,16,21-22H,10-15H2,1H3,(H,26,31)(H,29,30). The average Bonchev–Trinajstić information content (AvgIpc) is 3.44. The van der Waals surface area contributed by atoms with Crippen LogP contribution in [0.3, 0.4) is 0 Å². The molecule has 1 saturated heterocycles. The summed E-state index contributed by atoms with van der Waals surface area (Å²) in [5.74, 6) is -1.88.